The Morgan fingerprint density at radius 1 is 0.829 bits per heavy atom. The molecule has 0 radical (unpaired) electrons. The van der Waals surface area contributed by atoms with Gasteiger partial charge in [0.2, 0.25) is 5.78 Å². The summed E-state index contributed by atoms with van der Waals surface area (Å²) in [6, 6.07) is 1.77. The van der Waals surface area contributed by atoms with Crippen LogP contribution in [0.5, 0.6) is 0 Å². The Hall–Kier alpha value is -3.36. The second-order valence-corrected chi connectivity index (χ2v) is 7.79. The fourth-order valence-corrected chi connectivity index (χ4v) is 3.34. The quantitative estimate of drug-likeness (QED) is 0.202. The minimum Gasteiger partial charge on any atom is -0.309 e. The molecule has 0 amide bonds. The van der Waals surface area contributed by atoms with Crippen LogP contribution in [0, 0.1) is 0 Å². The summed E-state index contributed by atoms with van der Waals surface area (Å²) in [5.41, 5.74) is -1.15. The van der Waals surface area contributed by atoms with E-state index < -0.39 is 23.5 Å². The number of halogens is 7. The van der Waals surface area contributed by atoms with Crippen LogP contribution in [0.3, 0.4) is 0 Å². The zero-order valence-electron chi connectivity index (χ0n) is 18.2. The molecule has 4 aromatic heterocycles. The van der Waals surface area contributed by atoms with Crippen LogP contribution in [-0.2, 0) is 26.4 Å². The van der Waals surface area contributed by atoms with Gasteiger partial charge in [0.25, 0.3) is 0 Å². The van der Waals surface area contributed by atoms with E-state index in [-0.39, 0.29) is 50.9 Å². The Morgan fingerprint density at radius 3 is 1.60 bits per heavy atom. The number of fused-ring (bicyclic) bond motifs is 2. The Bertz CT molecular complexity index is 1440. The molecule has 4 rings (SSSR count). The third kappa shape index (κ3) is 5.33. The van der Waals surface area contributed by atoms with E-state index in [4.69, 9.17) is 0 Å². The number of aromatic nitrogens is 6. The van der Waals surface area contributed by atoms with Crippen LogP contribution in [0.15, 0.2) is 24.5 Å². The average molecular weight is 565 g/mol. The van der Waals surface area contributed by atoms with Gasteiger partial charge < -0.3 is 9.13 Å². The molecule has 0 unspecified atom stereocenters. The summed E-state index contributed by atoms with van der Waals surface area (Å²) in [6.07, 6.45) is -7.48. The highest BCUT2D eigenvalue weighted by atomic mass is 79.9. The van der Waals surface area contributed by atoms with E-state index in [2.05, 4.69) is 35.9 Å². The van der Waals surface area contributed by atoms with Crippen LogP contribution in [0.2, 0.25) is 0 Å². The molecule has 0 aliphatic carbocycles. The van der Waals surface area contributed by atoms with Crippen molar-refractivity contribution in [2.75, 3.05) is 5.33 Å². The number of Topliss-reactive ketones (excluding diaryl/α,β-unsaturated/α-hetero) is 2. The SMILES string of the molecule is CC(=O)c1nc2cc(C(F)(F)F)cnc2n1C.Cn1c(C(=O)CBr)nc2cc(C(F)(F)F)cnc21. The summed E-state index contributed by atoms with van der Waals surface area (Å²) in [5, 5.41) is 0.0519. The standard InChI is InChI=1S/C10H7BrF3N3O.C10H8F3N3O/c1-17-8-6(16-9(17)7(18)3-11)2-5(4-15-8)10(12,13)14;1-5(17)8-15-7-3-6(10(11,12)13)4-14-9(7)16(8)2/h2,4H,3H2,1H3;3-4H,1-2H3. The van der Waals surface area contributed by atoms with Crippen molar-refractivity contribution in [2.45, 2.75) is 19.3 Å². The molecule has 8 nitrogen and oxygen atoms in total. The molecule has 0 aliphatic rings. The fourth-order valence-electron chi connectivity index (χ4n) is 3.09. The number of imidazole rings is 2. The van der Waals surface area contributed by atoms with Crippen LogP contribution in [0.25, 0.3) is 22.3 Å². The molecule has 0 saturated heterocycles. The summed E-state index contributed by atoms with van der Waals surface area (Å²) in [5.74, 6) is -0.469. The molecule has 0 aliphatic heterocycles. The molecule has 0 bridgehead atoms. The molecule has 0 fully saturated rings. The maximum Gasteiger partial charge on any atom is 0.417 e. The lowest BCUT2D eigenvalue weighted by atomic mass is 10.2. The van der Waals surface area contributed by atoms with Gasteiger partial charge in [0.15, 0.2) is 28.7 Å². The third-order valence-corrected chi connectivity index (χ3v) is 5.27. The first-order chi connectivity index (χ1) is 16.1. The van der Waals surface area contributed by atoms with Gasteiger partial charge in [-0.3, -0.25) is 9.59 Å². The number of rotatable bonds is 3. The molecule has 35 heavy (non-hydrogen) atoms. The number of alkyl halides is 7. The number of pyridine rings is 2. The summed E-state index contributed by atoms with van der Waals surface area (Å²) in [7, 11) is 3.07. The van der Waals surface area contributed by atoms with Gasteiger partial charge in [0.05, 0.1) is 16.5 Å². The van der Waals surface area contributed by atoms with E-state index in [0.29, 0.717) is 0 Å². The number of ketones is 2. The molecule has 0 aromatic carbocycles. The number of carbonyl (C=O) groups is 2. The van der Waals surface area contributed by atoms with Crippen LogP contribution >= 0.6 is 15.9 Å². The number of hydrogen-bond donors (Lipinski definition) is 0. The zero-order chi connectivity index (χ0) is 26.3. The first-order valence-electron chi connectivity index (χ1n) is 9.54. The van der Waals surface area contributed by atoms with E-state index in [9.17, 15) is 35.9 Å². The summed E-state index contributed by atoms with van der Waals surface area (Å²) in [6.45, 7) is 1.30. The van der Waals surface area contributed by atoms with Crippen molar-refractivity contribution in [3.8, 4) is 0 Å². The van der Waals surface area contributed by atoms with E-state index in [1.54, 1.807) is 0 Å². The zero-order valence-corrected chi connectivity index (χ0v) is 19.7. The summed E-state index contributed by atoms with van der Waals surface area (Å²) < 4.78 is 77.6. The lowest BCUT2D eigenvalue weighted by Gasteiger charge is -2.05. The number of carbonyl (C=O) groups excluding carboxylic acids is 2. The fraction of sp³-hybridized carbons (Fsp3) is 0.300. The number of nitrogens with zero attached hydrogens (tertiary/aromatic N) is 6. The van der Waals surface area contributed by atoms with Gasteiger partial charge in [-0.25, -0.2) is 19.9 Å². The maximum absolute atomic E-state index is 12.5. The largest absolute Gasteiger partial charge is 0.417 e. The molecule has 4 heterocycles. The molecule has 15 heteroatoms. The molecule has 0 atom stereocenters. The van der Waals surface area contributed by atoms with Crippen LogP contribution in [0.1, 0.15) is 39.3 Å². The second-order valence-electron chi connectivity index (χ2n) is 7.23. The lowest BCUT2D eigenvalue weighted by Crippen LogP contribution is -2.08. The van der Waals surface area contributed by atoms with Gasteiger partial charge in [-0.15, -0.1) is 0 Å². The predicted octanol–water partition coefficient (Wildman–Crippen LogP) is 4.75. The Kier molecular flexibility index (Phi) is 7.02. The molecule has 0 N–H and O–H groups in total. The summed E-state index contributed by atoms with van der Waals surface area (Å²) >= 11 is 2.99. The highest BCUT2D eigenvalue weighted by molar-refractivity contribution is 9.09. The van der Waals surface area contributed by atoms with E-state index in [1.807, 2.05) is 0 Å². The Labute approximate surface area is 201 Å². The van der Waals surface area contributed by atoms with Crippen LogP contribution in [0.4, 0.5) is 26.3 Å². The molecule has 186 valence electrons. The van der Waals surface area contributed by atoms with Gasteiger partial charge in [0, 0.05) is 33.4 Å². The lowest BCUT2D eigenvalue weighted by molar-refractivity contribution is -0.138. The highest BCUT2D eigenvalue weighted by Gasteiger charge is 2.32. The van der Waals surface area contributed by atoms with Crippen LogP contribution in [-0.4, -0.2) is 46.0 Å². The van der Waals surface area contributed by atoms with Gasteiger partial charge >= 0.3 is 12.4 Å². The minimum absolute atomic E-state index is 0.0519. The van der Waals surface area contributed by atoms with Crippen molar-refractivity contribution in [3.63, 3.8) is 0 Å². The first-order valence-corrected chi connectivity index (χ1v) is 10.7. The topological polar surface area (TPSA) is 95.6 Å². The molecule has 4 aromatic rings. The number of aryl methyl sites for hydroxylation is 2. The van der Waals surface area contributed by atoms with Crippen molar-refractivity contribution >= 4 is 49.8 Å². The predicted molar refractivity (Wildman–Crippen MR) is 115 cm³/mol. The first kappa shape index (κ1) is 26.2. The van der Waals surface area contributed by atoms with Crippen molar-refractivity contribution in [3.05, 3.63) is 47.3 Å². The van der Waals surface area contributed by atoms with E-state index in [0.717, 1.165) is 24.5 Å². The monoisotopic (exact) mass is 564 g/mol. The van der Waals surface area contributed by atoms with Gasteiger partial charge in [-0.2, -0.15) is 26.3 Å². The second kappa shape index (κ2) is 9.36. The normalized spacial score (nSPS) is 12.1. The average Bonchev–Trinajstić information content (AvgIpc) is 3.29. The molecule has 0 saturated carbocycles. The van der Waals surface area contributed by atoms with E-state index in [1.165, 1.54) is 30.2 Å². The van der Waals surface area contributed by atoms with Crippen molar-refractivity contribution in [2.24, 2.45) is 14.1 Å². The van der Waals surface area contributed by atoms with Gasteiger partial charge in [-0.05, 0) is 12.1 Å². The van der Waals surface area contributed by atoms with Crippen molar-refractivity contribution in [1.82, 2.24) is 29.1 Å². The van der Waals surface area contributed by atoms with Gasteiger partial charge in [-0.1, -0.05) is 15.9 Å². The van der Waals surface area contributed by atoms with Crippen molar-refractivity contribution in [1.29, 1.82) is 0 Å². The molecular weight excluding hydrogens is 550 g/mol. The summed E-state index contributed by atoms with van der Waals surface area (Å²) in [4.78, 5) is 37.8. The van der Waals surface area contributed by atoms with Gasteiger partial charge in [0.1, 0.15) is 11.0 Å². The highest BCUT2D eigenvalue weighted by Crippen LogP contribution is 2.31. The minimum atomic E-state index is -4.47. The number of hydrogen-bond acceptors (Lipinski definition) is 6. The molecule has 0 spiro atoms. The van der Waals surface area contributed by atoms with Crippen molar-refractivity contribution < 1.29 is 35.9 Å². The maximum atomic E-state index is 12.5. The Balaban J connectivity index is 0.000000196. The molecular formula is C20H15BrF6N6O2. The third-order valence-electron chi connectivity index (χ3n) is 4.76. The Morgan fingerprint density at radius 2 is 1.23 bits per heavy atom. The van der Waals surface area contributed by atoms with E-state index >= 15 is 0 Å². The van der Waals surface area contributed by atoms with Crippen LogP contribution < -0.4 is 0 Å². The smallest absolute Gasteiger partial charge is 0.309 e.